The van der Waals surface area contributed by atoms with Gasteiger partial charge in [-0.2, -0.15) is 0 Å². The van der Waals surface area contributed by atoms with E-state index in [1.165, 1.54) is 11.1 Å². The fourth-order valence-electron chi connectivity index (χ4n) is 5.43. The highest BCUT2D eigenvalue weighted by Crippen LogP contribution is 2.44. The summed E-state index contributed by atoms with van der Waals surface area (Å²) < 4.78 is 5.63. The van der Waals surface area contributed by atoms with Gasteiger partial charge in [-0.05, 0) is 47.4 Å². The Morgan fingerprint density at radius 2 is 1.59 bits per heavy atom. The molecule has 0 heterocycles. The van der Waals surface area contributed by atoms with E-state index in [9.17, 15) is 19.5 Å². The Morgan fingerprint density at radius 3 is 2.21 bits per heavy atom. The fraction of sp³-hybridized carbons (Fsp3) is 0.444. The number of nitrogens with one attached hydrogen (secondary N) is 2. The molecule has 2 aromatic carbocycles. The standard InChI is InChI=1S/C27H30N2O5/c30-25(28-24(26(31)32)14-16-12-13-16)21-10-5-11-23(21)29-27(33)34-15-22-19-8-3-1-6-17(19)18-7-2-4-9-20(18)22/h1-4,6-9,16,21-24H,5,10-15H2,(H,28,30)(H,29,33)(H,31,32)/t21-,23+,24-/m0/s1. The van der Waals surface area contributed by atoms with Crippen LogP contribution >= 0.6 is 0 Å². The SMILES string of the molecule is O=C(N[C@@H]1CCC[C@@H]1C(=O)N[C@@H](CC1CC1)C(=O)O)OCC1c2ccccc2-c2ccccc21. The lowest BCUT2D eigenvalue weighted by molar-refractivity contribution is -0.142. The molecule has 0 spiro atoms. The van der Waals surface area contributed by atoms with Crippen molar-refractivity contribution in [2.24, 2.45) is 11.8 Å². The first kappa shape index (κ1) is 22.4. The molecule has 2 saturated carbocycles. The van der Waals surface area contributed by atoms with E-state index in [-0.39, 0.29) is 24.5 Å². The number of aliphatic carboxylic acids is 1. The van der Waals surface area contributed by atoms with E-state index in [1.807, 2.05) is 24.3 Å². The average Bonchev–Trinajstić information content (AvgIpc) is 3.43. The number of alkyl carbamates (subject to hydrolysis) is 1. The number of carbonyl (C=O) groups is 3. The molecule has 3 atom stereocenters. The summed E-state index contributed by atoms with van der Waals surface area (Å²) in [5, 5.41) is 15.0. The number of hydrogen-bond donors (Lipinski definition) is 3. The van der Waals surface area contributed by atoms with Gasteiger partial charge < -0.3 is 20.5 Å². The van der Waals surface area contributed by atoms with Gasteiger partial charge in [0, 0.05) is 12.0 Å². The van der Waals surface area contributed by atoms with Gasteiger partial charge in [-0.15, -0.1) is 0 Å². The van der Waals surface area contributed by atoms with Crippen LogP contribution in [0, 0.1) is 11.8 Å². The van der Waals surface area contributed by atoms with Gasteiger partial charge in [0.2, 0.25) is 5.91 Å². The molecule has 0 bridgehead atoms. The summed E-state index contributed by atoms with van der Waals surface area (Å²) in [6.07, 6.45) is 4.06. The molecule has 34 heavy (non-hydrogen) atoms. The second kappa shape index (κ2) is 9.49. The summed E-state index contributed by atoms with van der Waals surface area (Å²) in [4.78, 5) is 37.1. The van der Waals surface area contributed by atoms with Gasteiger partial charge in [-0.3, -0.25) is 4.79 Å². The van der Waals surface area contributed by atoms with Gasteiger partial charge in [0.05, 0.1) is 5.92 Å². The van der Waals surface area contributed by atoms with E-state index in [1.54, 1.807) is 0 Å². The van der Waals surface area contributed by atoms with Crippen LogP contribution in [-0.2, 0) is 14.3 Å². The lowest BCUT2D eigenvalue weighted by Crippen LogP contribution is -2.49. The number of fused-ring (bicyclic) bond motifs is 3. The lowest BCUT2D eigenvalue weighted by Gasteiger charge is -2.23. The normalized spacial score (nSPS) is 21.9. The van der Waals surface area contributed by atoms with Gasteiger partial charge in [0.15, 0.2) is 0 Å². The van der Waals surface area contributed by atoms with E-state index >= 15 is 0 Å². The Bertz CT molecular complexity index is 1050. The summed E-state index contributed by atoms with van der Waals surface area (Å²) in [5.41, 5.74) is 4.62. The molecule has 7 heteroatoms. The van der Waals surface area contributed by atoms with Gasteiger partial charge in [-0.25, -0.2) is 9.59 Å². The minimum atomic E-state index is -1.00. The fourth-order valence-corrected chi connectivity index (χ4v) is 5.43. The van der Waals surface area contributed by atoms with Crippen LogP contribution in [0.2, 0.25) is 0 Å². The summed E-state index contributed by atoms with van der Waals surface area (Å²) in [5.74, 6) is -1.38. The van der Waals surface area contributed by atoms with Crippen LogP contribution in [0.25, 0.3) is 11.1 Å². The molecule has 7 nitrogen and oxygen atoms in total. The van der Waals surface area contributed by atoms with Gasteiger partial charge >= 0.3 is 12.1 Å². The topological polar surface area (TPSA) is 105 Å². The first-order valence-electron chi connectivity index (χ1n) is 12.2. The number of carbonyl (C=O) groups excluding carboxylic acids is 2. The molecule has 0 aliphatic heterocycles. The molecule has 0 unspecified atom stereocenters. The number of carboxylic acids is 1. The molecule has 2 fully saturated rings. The van der Waals surface area contributed by atoms with E-state index in [2.05, 4.69) is 34.9 Å². The van der Waals surface area contributed by atoms with Crippen molar-refractivity contribution in [2.75, 3.05) is 6.61 Å². The second-order valence-corrected chi connectivity index (χ2v) is 9.69. The van der Waals surface area contributed by atoms with Crippen LogP contribution in [-0.4, -0.2) is 41.8 Å². The predicted octanol–water partition coefficient (Wildman–Crippen LogP) is 4.06. The van der Waals surface area contributed by atoms with Crippen molar-refractivity contribution >= 4 is 18.0 Å². The monoisotopic (exact) mass is 462 g/mol. The number of benzene rings is 2. The zero-order valence-corrected chi connectivity index (χ0v) is 19.0. The number of rotatable bonds is 8. The molecule has 2 aromatic rings. The van der Waals surface area contributed by atoms with Crippen LogP contribution in [0.3, 0.4) is 0 Å². The number of hydrogen-bond acceptors (Lipinski definition) is 4. The maximum Gasteiger partial charge on any atom is 0.407 e. The van der Waals surface area contributed by atoms with Crippen molar-refractivity contribution in [3.8, 4) is 11.1 Å². The minimum absolute atomic E-state index is 0.0282. The molecule has 3 aliphatic rings. The Hall–Kier alpha value is -3.35. The second-order valence-electron chi connectivity index (χ2n) is 9.69. The van der Waals surface area contributed by atoms with Crippen molar-refractivity contribution in [1.29, 1.82) is 0 Å². The Kier molecular flexibility index (Phi) is 6.26. The third-order valence-corrected chi connectivity index (χ3v) is 7.38. The number of carboxylic acid groups (broad SMARTS) is 1. The molecule has 178 valence electrons. The van der Waals surface area contributed by atoms with E-state index in [4.69, 9.17) is 4.74 Å². The zero-order valence-electron chi connectivity index (χ0n) is 19.0. The summed E-state index contributed by atoms with van der Waals surface area (Å²) in [7, 11) is 0. The van der Waals surface area contributed by atoms with Crippen molar-refractivity contribution in [2.45, 2.75) is 56.5 Å². The third kappa shape index (κ3) is 4.65. The lowest BCUT2D eigenvalue weighted by atomic mass is 9.98. The summed E-state index contributed by atoms with van der Waals surface area (Å²) in [6.45, 7) is 0.214. The molecular weight excluding hydrogens is 432 g/mol. The van der Waals surface area contributed by atoms with Crippen LogP contribution in [0.15, 0.2) is 48.5 Å². The van der Waals surface area contributed by atoms with E-state index < -0.39 is 24.0 Å². The van der Waals surface area contributed by atoms with Crippen LogP contribution in [0.5, 0.6) is 0 Å². The van der Waals surface area contributed by atoms with Crippen molar-refractivity contribution < 1.29 is 24.2 Å². The smallest absolute Gasteiger partial charge is 0.407 e. The predicted molar refractivity (Wildman–Crippen MR) is 126 cm³/mol. The maximum absolute atomic E-state index is 12.8. The Balaban J connectivity index is 1.18. The molecule has 3 N–H and O–H groups in total. The maximum atomic E-state index is 12.8. The number of ether oxygens (including phenoxy) is 1. The van der Waals surface area contributed by atoms with E-state index in [0.29, 0.717) is 25.2 Å². The first-order valence-corrected chi connectivity index (χ1v) is 12.2. The zero-order chi connectivity index (χ0) is 23.7. The molecule has 0 aromatic heterocycles. The summed E-state index contributed by atoms with van der Waals surface area (Å²) >= 11 is 0. The molecule has 3 aliphatic carbocycles. The average molecular weight is 463 g/mol. The largest absolute Gasteiger partial charge is 0.480 e. The van der Waals surface area contributed by atoms with Crippen LogP contribution in [0.1, 0.15) is 55.6 Å². The molecule has 2 amide bonds. The first-order chi connectivity index (χ1) is 16.5. The molecule has 5 rings (SSSR count). The van der Waals surface area contributed by atoms with Gasteiger partial charge in [-0.1, -0.05) is 67.8 Å². The Labute approximate surface area is 198 Å². The summed E-state index contributed by atoms with van der Waals surface area (Å²) in [6, 6.07) is 15.1. The van der Waals surface area contributed by atoms with Crippen LogP contribution in [0.4, 0.5) is 4.79 Å². The molecule has 0 saturated heterocycles. The number of amides is 2. The van der Waals surface area contributed by atoms with Gasteiger partial charge in [0.1, 0.15) is 12.6 Å². The van der Waals surface area contributed by atoms with Crippen molar-refractivity contribution in [1.82, 2.24) is 10.6 Å². The van der Waals surface area contributed by atoms with Crippen molar-refractivity contribution in [3.63, 3.8) is 0 Å². The highest BCUT2D eigenvalue weighted by atomic mass is 16.5. The van der Waals surface area contributed by atoms with Crippen LogP contribution < -0.4 is 10.6 Å². The molecular formula is C27H30N2O5. The minimum Gasteiger partial charge on any atom is -0.480 e. The van der Waals surface area contributed by atoms with Crippen molar-refractivity contribution in [3.05, 3.63) is 59.7 Å². The highest BCUT2D eigenvalue weighted by Gasteiger charge is 2.38. The van der Waals surface area contributed by atoms with Gasteiger partial charge in [0.25, 0.3) is 0 Å². The highest BCUT2D eigenvalue weighted by molar-refractivity contribution is 5.86. The van der Waals surface area contributed by atoms with E-state index in [0.717, 1.165) is 30.4 Å². The molecule has 0 radical (unpaired) electrons. The third-order valence-electron chi connectivity index (χ3n) is 7.38. The quantitative estimate of drug-likeness (QED) is 0.549. The Morgan fingerprint density at radius 1 is 0.941 bits per heavy atom.